The molecule has 0 bridgehead atoms. The first-order chi connectivity index (χ1) is 9.26. The summed E-state index contributed by atoms with van der Waals surface area (Å²) in [6, 6.07) is 3.82. The van der Waals surface area contributed by atoms with Gasteiger partial charge in [0.05, 0.1) is 6.54 Å². The van der Waals surface area contributed by atoms with E-state index in [1.54, 1.807) is 5.32 Å². The Balaban J connectivity index is 2.29. The molecule has 0 radical (unpaired) electrons. The third kappa shape index (κ3) is 6.57. The van der Waals surface area contributed by atoms with Crippen LogP contribution in [0.25, 0.3) is 0 Å². The minimum absolute atomic E-state index is 0.342. The van der Waals surface area contributed by atoms with E-state index >= 15 is 0 Å². The molecular weight excluding hydrogens is 282 g/mol. The van der Waals surface area contributed by atoms with Gasteiger partial charge in [0.1, 0.15) is 12.4 Å². The second-order valence-corrected chi connectivity index (χ2v) is 3.71. The Hall–Kier alpha value is -2.32. The number of carbonyl (C=O) groups excluding carboxylic acids is 2. The number of imide groups is 1. The first kappa shape index (κ1) is 15.7. The van der Waals surface area contributed by atoms with Crippen LogP contribution in [0.5, 0.6) is 0 Å². The molecule has 0 saturated carbocycles. The van der Waals surface area contributed by atoms with Gasteiger partial charge in [-0.3, -0.25) is 10.1 Å². The smallest absolute Gasteiger partial charge is 0.376 e. The normalized spacial score (nSPS) is 10.8. The predicted molar refractivity (Wildman–Crippen MR) is 62.5 cm³/mol. The van der Waals surface area contributed by atoms with Crippen molar-refractivity contribution in [1.29, 1.82) is 0 Å². The molecule has 9 heteroatoms. The van der Waals surface area contributed by atoms with Crippen LogP contribution in [0.3, 0.4) is 0 Å². The van der Waals surface area contributed by atoms with E-state index in [0.29, 0.717) is 5.69 Å². The number of amides is 3. The van der Waals surface area contributed by atoms with Crippen molar-refractivity contribution in [1.82, 2.24) is 10.6 Å². The van der Waals surface area contributed by atoms with Crippen LogP contribution in [-0.2, 0) is 4.79 Å². The van der Waals surface area contributed by atoms with E-state index in [9.17, 15) is 27.2 Å². The standard InChI is InChI=1S/C11H11F4N3O2/c12-7-1-3-8(4-2-7)16-5-9(19)18-10(20)17-6-11(13,14)15/h1-4,16H,5-6H2,(H2,17,18,19,20). The number of anilines is 1. The van der Waals surface area contributed by atoms with Crippen molar-refractivity contribution in [3.05, 3.63) is 30.1 Å². The largest absolute Gasteiger partial charge is 0.405 e. The van der Waals surface area contributed by atoms with Crippen LogP contribution in [0, 0.1) is 5.82 Å². The third-order valence-corrected chi connectivity index (χ3v) is 2.00. The minimum atomic E-state index is -4.55. The summed E-state index contributed by atoms with van der Waals surface area (Å²) in [6.07, 6.45) is -4.55. The van der Waals surface area contributed by atoms with Crippen LogP contribution >= 0.6 is 0 Å². The van der Waals surface area contributed by atoms with Crippen LogP contribution < -0.4 is 16.0 Å². The fraction of sp³-hybridized carbons (Fsp3) is 0.273. The van der Waals surface area contributed by atoms with Gasteiger partial charge >= 0.3 is 12.2 Å². The van der Waals surface area contributed by atoms with Gasteiger partial charge in [-0.05, 0) is 24.3 Å². The topological polar surface area (TPSA) is 70.2 Å². The van der Waals surface area contributed by atoms with Gasteiger partial charge in [0.25, 0.3) is 0 Å². The maximum Gasteiger partial charge on any atom is 0.405 e. The Morgan fingerprint density at radius 1 is 1.10 bits per heavy atom. The summed E-state index contributed by atoms with van der Waals surface area (Å²) in [5, 5.41) is 5.76. The van der Waals surface area contributed by atoms with Gasteiger partial charge in [-0.2, -0.15) is 13.2 Å². The summed E-state index contributed by atoms with van der Waals surface area (Å²) in [7, 11) is 0. The molecule has 0 spiro atoms. The second kappa shape index (κ2) is 6.73. The van der Waals surface area contributed by atoms with Crippen molar-refractivity contribution >= 4 is 17.6 Å². The molecule has 0 aliphatic rings. The lowest BCUT2D eigenvalue weighted by Crippen LogP contribution is -2.45. The number of hydrogen-bond acceptors (Lipinski definition) is 3. The fourth-order valence-electron chi connectivity index (χ4n) is 1.15. The number of carbonyl (C=O) groups is 2. The monoisotopic (exact) mass is 293 g/mol. The summed E-state index contributed by atoms with van der Waals surface area (Å²) in [4.78, 5) is 22.2. The zero-order valence-electron chi connectivity index (χ0n) is 10.1. The molecule has 0 unspecified atom stereocenters. The van der Waals surface area contributed by atoms with Crippen LogP contribution in [0.4, 0.5) is 28.0 Å². The van der Waals surface area contributed by atoms with E-state index in [1.165, 1.54) is 17.4 Å². The van der Waals surface area contributed by atoms with Crippen molar-refractivity contribution in [2.45, 2.75) is 6.18 Å². The number of benzene rings is 1. The Morgan fingerprint density at radius 2 is 1.70 bits per heavy atom. The van der Waals surface area contributed by atoms with Gasteiger partial charge in [-0.25, -0.2) is 9.18 Å². The molecule has 0 aliphatic carbocycles. The molecule has 110 valence electrons. The highest BCUT2D eigenvalue weighted by Gasteiger charge is 2.27. The molecule has 3 amide bonds. The van der Waals surface area contributed by atoms with E-state index < -0.39 is 30.5 Å². The molecule has 0 heterocycles. The van der Waals surface area contributed by atoms with Gasteiger partial charge < -0.3 is 10.6 Å². The summed E-state index contributed by atoms with van der Waals surface area (Å²) in [5.74, 6) is -1.28. The van der Waals surface area contributed by atoms with Crippen LogP contribution in [0.2, 0.25) is 0 Å². The highest BCUT2D eigenvalue weighted by Crippen LogP contribution is 2.11. The van der Waals surface area contributed by atoms with E-state index in [4.69, 9.17) is 0 Å². The van der Waals surface area contributed by atoms with Crippen molar-refractivity contribution in [2.75, 3.05) is 18.4 Å². The van der Waals surface area contributed by atoms with Crippen molar-refractivity contribution < 1.29 is 27.2 Å². The van der Waals surface area contributed by atoms with Crippen molar-refractivity contribution in [3.63, 3.8) is 0 Å². The SMILES string of the molecule is O=C(CNc1ccc(F)cc1)NC(=O)NCC(F)(F)F. The van der Waals surface area contributed by atoms with Gasteiger partial charge in [-0.1, -0.05) is 0 Å². The number of hydrogen-bond donors (Lipinski definition) is 3. The molecule has 1 rings (SSSR count). The first-order valence-corrected chi connectivity index (χ1v) is 5.40. The number of urea groups is 1. The van der Waals surface area contributed by atoms with Crippen LogP contribution in [-0.4, -0.2) is 31.2 Å². The van der Waals surface area contributed by atoms with Gasteiger partial charge in [-0.15, -0.1) is 0 Å². The molecule has 0 aliphatic heterocycles. The highest BCUT2D eigenvalue weighted by molar-refractivity contribution is 5.96. The Labute approximate surface area is 111 Å². The van der Waals surface area contributed by atoms with Crippen LogP contribution in [0.15, 0.2) is 24.3 Å². The average Bonchev–Trinajstić information content (AvgIpc) is 2.35. The van der Waals surface area contributed by atoms with E-state index in [2.05, 4.69) is 5.32 Å². The first-order valence-electron chi connectivity index (χ1n) is 5.40. The van der Waals surface area contributed by atoms with Gasteiger partial charge in [0.2, 0.25) is 5.91 Å². The molecular formula is C11H11F4N3O2. The van der Waals surface area contributed by atoms with E-state index in [1.807, 2.05) is 0 Å². The molecule has 5 nitrogen and oxygen atoms in total. The second-order valence-electron chi connectivity index (χ2n) is 3.71. The summed E-state index contributed by atoms with van der Waals surface area (Å²) < 4.78 is 47.9. The molecule has 0 atom stereocenters. The average molecular weight is 293 g/mol. The zero-order valence-corrected chi connectivity index (χ0v) is 10.1. The third-order valence-electron chi connectivity index (χ3n) is 2.00. The zero-order chi connectivity index (χ0) is 15.2. The maximum absolute atomic E-state index is 12.6. The molecule has 1 aromatic carbocycles. The van der Waals surface area contributed by atoms with Gasteiger partial charge in [0.15, 0.2) is 0 Å². The Bertz CT molecular complexity index is 474. The Kier molecular flexibility index (Phi) is 5.30. The number of halogens is 4. The lowest BCUT2D eigenvalue weighted by molar-refractivity contribution is -0.124. The molecule has 20 heavy (non-hydrogen) atoms. The lowest BCUT2D eigenvalue weighted by Gasteiger charge is -2.09. The molecule has 0 saturated heterocycles. The molecule has 0 fully saturated rings. The summed E-state index contributed by atoms with van der Waals surface area (Å²) in [6.45, 7) is -1.87. The number of alkyl halides is 3. The van der Waals surface area contributed by atoms with Crippen molar-refractivity contribution in [3.8, 4) is 0 Å². The number of nitrogens with one attached hydrogen (secondary N) is 3. The molecule has 0 aromatic heterocycles. The Morgan fingerprint density at radius 3 is 2.25 bits per heavy atom. The number of rotatable bonds is 4. The minimum Gasteiger partial charge on any atom is -0.376 e. The maximum atomic E-state index is 12.6. The summed E-state index contributed by atoms with van der Waals surface area (Å²) in [5.41, 5.74) is 0.428. The van der Waals surface area contributed by atoms with Crippen LogP contribution in [0.1, 0.15) is 0 Å². The highest BCUT2D eigenvalue weighted by atomic mass is 19.4. The lowest BCUT2D eigenvalue weighted by atomic mass is 10.3. The van der Waals surface area contributed by atoms with Crippen molar-refractivity contribution in [2.24, 2.45) is 0 Å². The van der Waals surface area contributed by atoms with Gasteiger partial charge in [0, 0.05) is 5.69 Å². The fourth-order valence-corrected chi connectivity index (χ4v) is 1.15. The molecule has 3 N–H and O–H groups in total. The van der Waals surface area contributed by atoms with E-state index in [0.717, 1.165) is 12.1 Å². The van der Waals surface area contributed by atoms with E-state index in [-0.39, 0.29) is 6.54 Å². The quantitative estimate of drug-likeness (QED) is 0.739. The summed E-state index contributed by atoms with van der Waals surface area (Å²) >= 11 is 0. The molecule has 1 aromatic rings. The predicted octanol–water partition coefficient (Wildman–Crippen LogP) is 1.63.